The van der Waals surface area contributed by atoms with E-state index in [0.717, 1.165) is 17.8 Å². The number of carbonyl (C=O) groups is 8. The van der Waals surface area contributed by atoms with Gasteiger partial charge in [0.2, 0.25) is 41.4 Å². The number of aliphatic hydroxyl groups is 1. The Balaban J connectivity index is 1.94. The molecule has 3 aromatic rings. The van der Waals surface area contributed by atoms with Crippen LogP contribution in [-0.2, 0) is 51.2 Å². The molecule has 0 aliphatic heterocycles. The molecule has 0 aliphatic carbocycles. The molecule has 0 spiro atoms. The van der Waals surface area contributed by atoms with Gasteiger partial charge in [-0.15, -0.1) is 0 Å². The van der Waals surface area contributed by atoms with Gasteiger partial charge in [0.05, 0.1) is 25.0 Å². The highest BCUT2D eigenvalue weighted by molar-refractivity contribution is 5.98. The smallest absolute Gasteiger partial charge is 0.328 e. The lowest BCUT2D eigenvalue weighted by Crippen LogP contribution is -2.61. The fourth-order valence-corrected chi connectivity index (χ4v) is 5.92. The lowest BCUT2D eigenvalue weighted by molar-refractivity contribution is -0.145. The topological polar surface area (TPSA) is 331 Å². The van der Waals surface area contributed by atoms with E-state index in [1.54, 1.807) is 62.5 Å². The third-order valence-corrected chi connectivity index (χ3v) is 9.28. The zero-order chi connectivity index (χ0) is 42.4. The normalized spacial score (nSPS) is 15.3. The Labute approximate surface area is 328 Å². The Bertz CT molecular complexity index is 1920. The maximum Gasteiger partial charge on any atom is 0.328 e. The van der Waals surface area contributed by atoms with E-state index in [1.807, 2.05) is 12.1 Å². The summed E-state index contributed by atoms with van der Waals surface area (Å²) in [6.07, 6.45) is -0.968. The number of aliphatic carboxylic acids is 1. The van der Waals surface area contributed by atoms with Crippen LogP contribution < -0.4 is 43.8 Å². The summed E-state index contributed by atoms with van der Waals surface area (Å²) in [4.78, 5) is 107. The molecule has 308 valence electrons. The lowest BCUT2D eigenvalue weighted by Gasteiger charge is -2.29. The highest BCUT2D eigenvalue weighted by atomic mass is 16.4. The van der Waals surface area contributed by atoms with Crippen molar-refractivity contribution in [1.29, 1.82) is 0 Å². The van der Waals surface area contributed by atoms with Crippen LogP contribution in [0.2, 0.25) is 0 Å². The number of amides is 7. The molecule has 0 unspecified atom stereocenters. The molecule has 19 heteroatoms. The summed E-state index contributed by atoms with van der Waals surface area (Å²) in [6.45, 7) is 4.47. The Morgan fingerprint density at radius 2 is 1.19 bits per heavy atom. The van der Waals surface area contributed by atoms with Gasteiger partial charge in [-0.3, -0.25) is 33.6 Å². The number of fused-ring (bicyclic) bond motifs is 1. The maximum atomic E-state index is 14.1. The van der Waals surface area contributed by atoms with E-state index >= 15 is 0 Å². The standard InChI is InChI=1S/C38H51N9O10/c1-4-19(2)31(37(55)47-32(20(3)48)38(56)57)46-36(54)28(17-30(41)50)45-34(52)26(14-21-10-6-5-7-11-21)44-35(53)27(43-33(51)24(39)16-29(40)49)15-22-18-42-25-13-9-8-12-23(22)25/h5-13,18-20,24,26-28,31-32,42,48H,4,14-17,39H2,1-3H3,(H2,40,49)(H2,41,50)(H,43,51)(H,44,53)(H,45,52)(H,46,54)(H,47,55)(H,56,57)/t19-,20+,24-,26-,27-,28-,31-,32-/m0/s1. The van der Waals surface area contributed by atoms with Crippen molar-refractivity contribution in [1.82, 2.24) is 31.6 Å². The minimum atomic E-state index is -1.70. The quantitative estimate of drug-likeness (QED) is 0.0527. The summed E-state index contributed by atoms with van der Waals surface area (Å²) < 4.78 is 0. The first kappa shape index (κ1) is 45.1. The van der Waals surface area contributed by atoms with E-state index in [1.165, 1.54) is 0 Å². The number of carboxylic acid groups (broad SMARTS) is 1. The fourth-order valence-electron chi connectivity index (χ4n) is 5.92. The number of aromatic nitrogens is 1. The second-order valence-corrected chi connectivity index (χ2v) is 13.8. The molecule has 14 N–H and O–H groups in total. The number of carbonyl (C=O) groups excluding carboxylic acids is 7. The monoisotopic (exact) mass is 793 g/mol. The van der Waals surface area contributed by atoms with Crippen LogP contribution in [-0.4, -0.2) is 105 Å². The predicted molar refractivity (Wildman–Crippen MR) is 206 cm³/mol. The summed E-state index contributed by atoms with van der Waals surface area (Å²) in [5.74, 6) is -8.57. The number of nitrogens with two attached hydrogens (primary N) is 3. The average Bonchev–Trinajstić information content (AvgIpc) is 3.56. The van der Waals surface area contributed by atoms with Crippen molar-refractivity contribution in [3.63, 3.8) is 0 Å². The van der Waals surface area contributed by atoms with E-state index in [9.17, 15) is 48.6 Å². The first-order valence-electron chi connectivity index (χ1n) is 18.3. The molecule has 0 saturated carbocycles. The van der Waals surface area contributed by atoms with Crippen molar-refractivity contribution in [2.75, 3.05) is 0 Å². The van der Waals surface area contributed by atoms with E-state index in [-0.39, 0.29) is 12.8 Å². The molecular formula is C38H51N9O10. The SMILES string of the molecule is CC[C@H](C)[C@H](NC(=O)[C@H](CC(N)=O)NC(=O)[C@H](Cc1ccccc1)NC(=O)[C@H](Cc1c[nH]c2ccccc12)NC(=O)[C@@H](N)CC(N)=O)C(=O)N[C@H](C(=O)O)[C@@H](C)O. The van der Waals surface area contributed by atoms with Crippen LogP contribution in [0.15, 0.2) is 60.8 Å². The van der Waals surface area contributed by atoms with Crippen LogP contribution in [0.4, 0.5) is 0 Å². The van der Waals surface area contributed by atoms with Crippen LogP contribution in [0.5, 0.6) is 0 Å². The van der Waals surface area contributed by atoms with E-state index in [2.05, 4.69) is 31.6 Å². The van der Waals surface area contributed by atoms with Gasteiger partial charge in [0.1, 0.15) is 24.2 Å². The summed E-state index contributed by atoms with van der Waals surface area (Å²) >= 11 is 0. The minimum Gasteiger partial charge on any atom is -0.480 e. The maximum absolute atomic E-state index is 14.1. The van der Waals surface area contributed by atoms with Crippen molar-refractivity contribution < 1.29 is 48.6 Å². The molecule has 19 nitrogen and oxygen atoms in total. The molecule has 2 aromatic carbocycles. The van der Waals surface area contributed by atoms with Crippen molar-refractivity contribution in [2.24, 2.45) is 23.1 Å². The number of H-pyrrole nitrogens is 1. The number of hydrogen-bond acceptors (Lipinski definition) is 10. The Morgan fingerprint density at radius 1 is 0.667 bits per heavy atom. The lowest BCUT2D eigenvalue weighted by atomic mass is 9.97. The van der Waals surface area contributed by atoms with Crippen molar-refractivity contribution in [3.8, 4) is 0 Å². The molecule has 7 amide bonds. The van der Waals surface area contributed by atoms with E-state index < -0.39 is 108 Å². The molecule has 3 rings (SSSR count). The number of rotatable bonds is 22. The average molecular weight is 794 g/mol. The van der Waals surface area contributed by atoms with Crippen LogP contribution >= 0.6 is 0 Å². The van der Waals surface area contributed by atoms with Crippen LogP contribution in [0, 0.1) is 5.92 Å². The number of hydrogen-bond donors (Lipinski definition) is 11. The van der Waals surface area contributed by atoms with Crippen molar-refractivity contribution in [3.05, 3.63) is 71.9 Å². The number of carboxylic acids is 1. The van der Waals surface area contributed by atoms with Gasteiger partial charge in [0, 0.05) is 29.9 Å². The summed E-state index contributed by atoms with van der Waals surface area (Å²) in [7, 11) is 0. The van der Waals surface area contributed by atoms with Gasteiger partial charge in [0.25, 0.3) is 0 Å². The molecule has 1 heterocycles. The molecule has 1 aromatic heterocycles. The van der Waals surface area contributed by atoms with Gasteiger partial charge >= 0.3 is 5.97 Å². The second-order valence-electron chi connectivity index (χ2n) is 13.8. The summed E-state index contributed by atoms with van der Waals surface area (Å²) in [5.41, 5.74) is 18.5. The van der Waals surface area contributed by atoms with Crippen LogP contribution in [0.25, 0.3) is 10.9 Å². The van der Waals surface area contributed by atoms with E-state index in [0.29, 0.717) is 17.5 Å². The number of aromatic amines is 1. The zero-order valence-corrected chi connectivity index (χ0v) is 31.8. The van der Waals surface area contributed by atoms with Gasteiger partial charge in [-0.25, -0.2) is 4.79 Å². The number of para-hydroxylation sites is 1. The highest BCUT2D eigenvalue weighted by Gasteiger charge is 2.36. The third-order valence-electron chi connectivity index (χ3n) is 9.28. The molecule has 0 aliphatic rings. The van der Waals surface area contributed by atoms with Gasteiger partial charge in [-0.05, 0) is 30.0 Å². The molecule has 0 fully saturated rings. The minimum absolute atomic E-state index is 0.0892. The van der Waals surface area contributed by atoms with Crippen LogP contribution in [0.3, 0.4) is 0 Å². The Hall–Kier alpha value is -6.34. The first-order chi connectivity index (χ1) is 26.9. The molecule has 0 saturated heterocycles. The number of aliphatic hydroxyl groups excluding tert-OH is 1. The largest absolute Gasteiger partial charge is 0.480 e. The Morgan fingerprint density at radius 3 is 1.77 bits per heavy atom. The Kier molecular flexibility index (Phi) is 16.7. The molecule has 0 radical (unpaired) electrons. The van der Waals surface area contributed by atoms with E-state index in [4.69, 9.17) is 17.2 Å². The van der Waals surface area contributed by atoms with Gasteiger partial charge in [-0.2, -0.15) is 0 Å². The van der Waals surface area contributed by atoms with Gasteiger partial charge in [0.15, 0.2) is 6.04 Å². The summed E-state index contributed by atoms with van der Waals surface area (Å²) in [5, 5.41) is 32.4. The zero-order valence-electron chi connectivity index (χ0n) is 31.8. The molecule has 8 atom stereocenters. The van der Waals surface area contributed by atoms with Crippen molar-refractivity contribution >= 4 is 58.2 Å². The molecule has 57 heavy (non-hydrogen) atoms. The first-order valence-corrected chi connectivity index (χ1v) is 18.3. The fraction of sp³-hybridized carbons (Fsp3) is 0.421. The van der Waals surface area contributed by atoms with Crippen LogP contribution in [0.1, 0.15) is 51.2 Å². The number of primary amides is 2. The molecule has 0 bridgehead atoms. The third kappa shape index (κ3) is 13.4. The van der Waals surface area contributed by atoms with Gasteiger partial charge < -0.3 is 59.0 Å². The summed E-state index contributed by atoms with van der Waals surface area (Å²) in [6, 6.07) is 6.79. The number of benzene rings is 2. The van der Waals surface area contributed by atoms with Crippen molar-refractivity contribution in [2.45, 2.75) is 95.2 Å². The molecular weight excluding hydrogens is 742 g/mol. The van der Waals surface area contributed by atoms with Gasteiger partial charge in [-0.1, -0.05) is 68.8 Å². The second kappa shape index (κ2) is 21.1. The number of nitrogens with one attached hydrogen (secondary N) is 6. The highest BCUT2D eigenvalue weighted by Crippen LogP contribution is 2.20. The predicted octanol–water partition coefficient (Wildman–Crippen LogP) is -2.03.